The molecule has 2 heteroatoms. The van der Waals surface area contributed by atoms with Crippen LogP contribution < -0.4 is 5.32 Å². The van der Waals surface area contributed by atoms with Crippen LogP contribution in [0.15, 0.2) is 18.2 Å². The average Bonchev–Trinajstić information content (AvgIpc) is 2.90. The molecule has 1 aliphatic rings. The van der Waals surface area contributed by atoms with Crippen molar-refractivity contribution in [3.8, 4) is 0 Å². The van der Waals surface area contributed by atoms with Crippen molar-refractivity contribution in [3.05, 3.63) is 34.9 Å². The zero-order valence-corrected chi connectivity index (χ0v) is 14.4. The zero-order chi connectivity index (χ0) is 15.4. The molecule has 0 aliphatic carbocycles. The molecule has 118 valence electrons. The summed E-state index contributed by atoms with van der Waals surface area (Å²) >= 11 is 0. The second kappa shape index (κ2) is 7.42. The Morgan fingerprint density at radius 2 is 2.00 bits per heavy atom. The molecule has 2 rings (SSSR count). The van der Waals surface area contributed by atoms with Gasteiger partial charge in [0.25, 0.3) is 0 Å². The van der Waals surface area contributed by atoms with Gasteiger partial charge in [0.05, 0.1) is 0 Å². The van der Waals surface area contributed by atoms with E-state index < -0.39 is 0 Å². The molecule has 1 aliphatic heterocycles. The minimum atomic E-state index is 0.459. The number of nitrogens with one attached hydrogen (secondary N) is 1. The second-order valence-corrected chi connectivity index (χ2v) is 7.01. The van der Waals surface area contributed by atoms with Gasteiger partial charge in [0.15, 0.2) is 0 Å². The normalized spacial score (nSPS) is 21.1. The second-order valence-electron chi connectivity index (χ2n) is 7.01. The molecule has 1 saturated heterocycles. The monoisotopic (exact) mass is 288 g/mol. The molecule has 1 aromatic rings. The molecule has 2 nitrogen and oxygen atoms in total. The Morgan fingerprint density at radius 1 is 1.24 bits per heavy atom. The first-order valence-corrected chi connectivity index (χ1v) is 8.54. The Hall–Kier alpha value is -0.860. The van der Waals surface area contributed by atoms with Gasteiger partial charge in [-0.25, -0.2) is 0 Å². The van der Waals surface area contributed by atoms with Crippen LogP contribution in [0.25, 0.3) is 0 Å². The summed E-state index contributed by atoms with van der Waals surface area (Å²) in [7, 11) is 0. The number of hydrogen-bond donors (Lipinski definition) is 1. The van der Waals surface area contributed by atoms with Gasteiger partial charge in [-0.2, -0.15) is 0 Å². The number of hydrogen-bond acceptors (Lipinski definition) is 2. The van der Waals surface area contributed by atoms with Crippen molar-refractivity contribution < 1.29 is 0 Å². The third-order valence-electron chi connectivity index (χ3n) is 5.08. The number of aryl methyl sites for hydroxylation is 2. The van der Waals surface area contributed by atoms with E-state index in [2.05, 4.69) is 63.0 Å². The fraction of sp³-hybridized carbons (Fsp3) is 0.684. The third-order valence-corrected chi connectivity index (χ3v) is 5.08. The Kier molecular flexibility index (Phi) is 5.83. The molecule has 2 unspecified atom stereocenters. The van der Waals surface area contributed by atoms with Gasteiger partial charge in [0, 0.05) is 19.1 Å². The quantitative estimate of drug-likeness (QED) is 0.853. The molecule has 21 heavy (non-hydrogen) atoms. The van der Waals surface area contributed by atoms with Crippen LogP contribution in [-0.2, 0) is 0 Å². The van der Waals surface area contributed by atoms with Crippen molar-refractivity contribution in [1.82, 2.24) is 10.2 Å². The van der Waals surface area contributed by atoms with E-state index in [1.54, 1.807) is 0 Å². The van der Waals surface area contributed by atoms with Crippen molar-refractivity contribution in [1.29, 1.82) is 0 Å². The molecule has 1 heterocycles. The minimum Gasteiger partial charge on any atom is -0.309 e. The van der Waals surface area contributed by atoms with Gasteiger partial charge in [-0.05, 0) is 61.9 Å². The van der Waals surface area contributed by atoms with E-state index in [4.69, 9.17) is 0 Å². The van der Waals surface area contributed by atoms with Crippen LogP contribution in [0.5, 0.6) is 0 Å². The van der Waals surface area contributed by atoms with Crippen LogP contribution in [0.4, 0.5) is 0 Å². The molecule has 2 atom stereocenters. The predicted molar refractivity (Wildman–Crippen MR) is 91.7 cm³/mol. The molecule has 1 fully saturated rings. The molecule has 1 N–H and O–H groups in total. The summed E-state index contributed by atoms with van der Waals surface area (Å²) in [5.74, 6) is 1.70. The number of rotatable bonds is 6. The Labute approximate surface area is 130 Å². The van der Waals surface area contributed by atoms with E-state index in [-0.39, 0.29) is 0 Å². The fourth-order valence-corrected chi connectivity index (χ4v) is 3.35. The summed E-state index contributed by atoms with van der Waals surface area (Å²) in [6.07, 6.45) is 1.36. The van der Waals surface area contributed by atoms with Gasteiger partial charge in [-0.3, -0.25) is 0 Å². The van der Waals surface area contributed by atoms with E-state index in [1.165, 1.54) is 36.2 Å². The molecule has 0 amide bonds. The van der Waals surface area contributed by atoms with Crippen LogP contribution in [-0.4, -0.2) is 31.1 Å². The highest BCUT2D eigenvalue weighted by atomic mass is 15.2. The maximum absolute atomic E-state index is 3.67. The van der Waals surface area contributed by atoms with E-state index in [0.717, 1.165) is 24.9 Å². The largest absolute Gasteiger partial charge is 0.309 e. The van der Waals surface area contributed by atoms with Crippen LogP contribution in [0, 0.1) is 25.7 Å². The van der Waals surface area contributed by atoms with Crippen molar-refractivity contribution in [2.45, 2.75) is 47.1 Å². The SMILES string of the molecule is CCNC(CN1CCC(C(C)C)C1)c1ccc(C)c(C)c1. The average molecular weight is 288 g/mol. The van der Waals surface area contributed by atoms with Crippen molar-refractivity contribution in [2.75, 3.05) is 26.2 Å². The highest BCUT2D eigenvalue weighted by Crippen LogP contribution is 2.26. The first kappa shape index (κ1) is 16.5. The summed E-state index contributed by atoms with van der Waals surface area (Å²) in [6, 6.07) is 7.38. The van der Waals surface area contributed by atoms with Crippen molar-refractivity contribution in [2.24, 2.45) is 11.8 Å². The van der Waals surface area contributed by atoms with Gasteiger partial charge in [0.2, 0.25) is 0 Å². The molecule has 0 radical (unpaired) electrons. The Bertz CT molecular complexity index is 453. The van der Waals surface area contributed by atoms with Crippen LogP contribution in [0.3, 0.4) is 0 Å². The fourth-order valence-electron chi connectivity index (χ4n) is 3.35. The summed E-state index contributed by atoms with van der Waals surface area (Å²) in [6.45, 7) is 16.0. The molecular formula is C19H32N2. The van der Waals surface area contributed by atoms with Gasteiger partial charge in [0.1, 0.15) is 0 Å². The smallest absolute Gasteiger partial charge is 0.0449 e. The highest BCUT2D eigenvalue weighted by molar-refractivity contribution is 5.32. The van der Waals surface area contributed by atoms with Gasteiger partial charge >= 0.3 is 0 Å². The van der Waals surface area contributed by atoms with E-state index in [9.17, 15) is 0 Å². The number of benzene rings is 1. The standard InChI is InChI=1S/C19H32N2/c1-6-20-19(17-8-7-15(4)16(5)11-17)13-21-10-9-18(12-21)14(2)3/h7-8,11,14,18-20H,6,9-10,12-13H2,1-5H3. The topological polar surface area (TPSA) is 15.3 Å². The summed E-state index contributed by atoms with van der Waals surface area (Å²) < 4.78 is 0. The summed E-state index contributed by atoms with van der Waals surface area (Å²) in [5.41, 5.74) is 4.22. The summed E-state index contributed by atoms with van der Waals surface area (Å²) in [5, 5.41) is 3.67. The predicted octanol–water partition coefficient (Wildman–Crippen LogP) is 3.93. The lowest BCUT2D eigenvalue weighted by Gasteiger charge is -2.26. The lowest BCUT2D eigenvalue weighted by molar-refractivity contribution is 0.271. The molecule has 0 bridgehead atoms. The maximum Gasteiger partial charge on any atom is 0.0449 e. The van der Waals surface area contributed by atoms with E-state index >= 15 is 0 Å². The van der Waals surface area contributed by atoms with Gasteiger partial charge in [-0.15, -0.1) is 0 Å². The maximum atomic E-state index is 3.67. The first-order chi connectivity index (χ1) is 10.0. The van der Waals surface area contributed by atoms with Crippen molar-refractivity contribution in [3.63, 3.8) is 0 Å². The lowest BCUT2D eigenvalue weighted by atomic mass is 9.95. The zero-order valence-electron chi connectivity index (χ0n) is 14.4. The highest BCUT2D eigenvalue weighted by Gasteiger charge is 2.26. The van der Waals surface area contributed by atoms with Crippen LogP contribution in [0.1, 0.15) is 49.9 Å². The van der Waals surface area contributed by atoms with Crippen LogP contribution >= 0.6 is 0 Å². The Morgan fingerprint density at radius 3 is 2.57 bits per heavy atom. The number of likely N-dealkylation sites (N-methyl/N-ethyl adjacent to an activating group) is 1. The number of nitrogens with zero attached hydrogens (tertiary/aromatic N) is 1. The molecule has 0 saturated carbocycles. The molecule has 0 spiro atoms. The first-order valence-electron chi connectivity index (χ1n) is 8.54. The summed E-state index contributed by atoms with van der Waals surface area (Å²) in [4.78, 5) is 2.65. The van der Waals surface area contributed by atoms with Crippen LogP contribution in [0.2, 0.25) is 0 Å². The Balaban J connectivity index is 2.04. The minimum absolute atomic E-state index is 0.459. The molecule has 1 aromatic carbocycles. The van der Waals surface area contributed by atoms with E-state index in [0.29, 0.717) is 6.04 Å². The van der Waals surface area contributed by atoms with E-state index in [1.807, 2.05) is 0 Å². The van der Waals surface area contributed by atoms with Crippen molar-refractivity contribution >= 4 is 0 Å². The lowest BCUT2D eigenvalue weighted by Crippen LogP contribution is -2.34. The number of likely N-dealkylation sites (tertiary alicyclic amines) is 1. The third kappa shape index (κ3) is 4.31. The molecular weight excluding hydrogens is 256 g/mol. The van der Waals surface area contributed by atoms with Gasteiger partial charge in [-0.1, -0.05) is 39.0 Å². The van der Waals surface area contributed by atoms with Gasteiger partial charge < -0.3 is 10.2 Å². The molecule has 0 aromatic heterocycles.